The molecule has 0 heterocycles. The van der Waals surface area contributed by atoms with Gasteiger partial charge in [0.25, 0.3) is 0 Å². The number of unbranched alkanes of at least 4 members (excludes halogenated alkanes) is 13. The van der Waals surface area contributed by atoms with Gasteiger partial charge in [-0.2, -0.15) is 0 Å². The first kappa shape index (κ1) is 27.5. The van der Waals surface area contributed by atoms with Gasteiger partial charge in [0, 0.05) is 6.42 Å². The smallest absolute Gasteiger partial charge is 0.164 e. The molecule has 0 aliphatic rings. The molecule has 0 bridgehead atoms. The van der Waals surface area contributed by atoms with Gasteiger partial charge in [-0.3, -0.25) is 4.79 Å². The van der Waals surface area contributed by atoms with Crippen molar-refractivity contribution in [1.82, 2.24) is 0 Å². The molecule has 6 nitrogen and oxygen atoms in total. The van der Waals surface area contributed by atoms with Crippen LogP contribution in [0.4, 0.5) is 0 Å². The summed E-state index contributed by atoms with van der Waals surface area (Å²) in [7, 11) is 0. The fourth-order valence-electron chi connectivity index (χ4n) is 3.35. The van der Waals surface area contributed by atoms with Gasteiger partial charge in [-0.1, -0.05) is 90.4 Å². The van der Waals surface area contributed by atoms with Crippen molar-refractivity contribution >= 4 is 5.78 Å². The van der Waals surface area contributed by atoms with E-state index < -0.39 is 36.8 Å². The molecular weight excluding hydrogens is 360 g/mol. The maximum atomic E-state index is 11.9. The molecule has 0 saturated heterocycles. The minimum atomic E-state index is -1.79. The number of hydrogen-bond acceptors (Lipinski definition) is 6. The van der Waals surface area contributed by atoms with E-state index in [0.717, 1.165) is 19.3 Å². The summed E-state index contributed by atoms with van der Waals surface area (Å²) in [5, 5.41) is 46.9. The van der Waals surface area contributed by atoms with Crippen molar-refractivity contribution in [2.75, 3.05) is 6.61 Å². The third kappa shape index (κ3) is 13.6. The van der Waals surface area contributed by atoms with Crippen LogP contribution in [0.1, 0.15) is 103 Å². The zero-order valence-electron chi connectivity index (χ0n) is 17.8. The van der Waals surface area contributed by atoms with Crippen molar-refractivity contribution in [3.05, 3.63) is 0 Å². The lowest BCUT2D eigenvalue weighted by Crippen LogP contribution is -2.48. The molecule has 6 heteroatoms. The van der Waals surface area contributed by atoms with E-state index in [1.165, 1.54) is 64.2 Å². The zero-order chi connectivity index (χ0) is 21.2. The first-order valence-electron chi connectivity index (χ1n) is 11.3. The molecule has 28 heavy (non-hydrogen) atoms. The summed E-state index contributed by atoms with van der Waals surface area (Å²) in [6.45, 7) is 1.49. The molecule has 0 spiro atoms. The fourth-order valence-corrected chi connectivity index (χ4v) is 3.35. The molecule has 0 amide bonds. The topological polar surface area (TPSA) is 118 Å². The molecule has 0 aromatic rings. The summed E-state index contributed by atoms with van der Waals surface area (Å²) >= 11 is 0. The summed E-state index contributed by atoms with van der Waals surface area (Å²) in [5.41, 5.74) is 0. The van der Waals surface area contributed by atoms with Gasteiger partial charge in [0.1, 0.15) is 24.4 Å². The highest BCUT2D eigenvalue weighted by atomic mass is 16.4. The summed E-state index contributed by atoms with van der Waals surface area (Å²) in [4.78, 5) is 11.9. The predicted molar refractivity (Wildman–Crippen MR) is 111 cm³/mol. The molecule has 0 saturated carbocycles. The van der Waals surface area contributed by atoms with E-state index in [0.29, 0.717) is 6.42 Å². The maximum absolute atomic E-state index is 11.9. The zero-order valence-corrected chi connectivity index (χ0v) is 17.8. The van der Waals surface area contributed by atoms with Gasteiger partial charge in [0.05, 0.1) is 6.61 Å². The van der Waals surface area contributed by atoms with Crippen LogP contribution in [-0.2, 0) is 4.79 Å². The molecule has 0 aromatic carbocycles. The minimum absolute atomic E-state index is 0.137. The first-order chi connectivity index (χ1) is 13.5. The van der Waals surface area contributed by atoms with E-state index in [2.05, 4.69) is 6.92 Å². The van der Waals surface area contributed by atoms with Gasteiger partial charge in [-0.25, -0.2) is 0 Å². The van der Waals surface area contributed by atoms with E-state index in [-0.39, 0.29) is 6.42 Å². The highest BCUT2D eigenvalue weighted by molar-refractivity contribution is 5.83. The molecule has 5 N–H and O–H groups in total. The van der Waals surface area contributed by atoms with Crippen molar-refractivity contribution in [1.29, 1.82) is 0 Å². The average Bonchev–Trinajstić information content (AvgIpc) is 2.71. The molecule has 0 aliphatic heterocycles. The molecule has 0 unspecified atom stereocenters. The number of rotatable bonds is 20. The summed E-state index contributed by atoms with van der Waals surface area (Å²) in [5.74, 6) is -0.546. The van der Waals surface area contributed by atoms with E-state index in [1.54, 1.807) is 0 Å². The lowest BCUT2D eigenvalue weighted by molar-refractivity contribution is -0.147. The van der Waals surface area contributed by atoms with Crippen LogP contribution >= 0.6 is 0 Å². The van der Waals surface area contributed by atoms with Crippen molar-refractivity contribution in [3.63, 3.8) is 0 Å². The average molecular weight is 405 g/mol. The predicted octanol–water partition coefficient (Wildman–Crippen LogP) is 2.86. The van der Waals surface area contributed by atoms with Crippen LogP contribution in [0.25, 0.3) is 0 Å². The summed E-state index contributed by atoms with van der Waals surface area (Å²) in [6, 6.07) is 0. The van der Waals surface area contributed by atoms with Crippen LogP contribution in [0, 0.1) is 0 Å². The van der Waals surface area contributed by atoms with Crippen molar-refractivity contribution < 1.29 is 30.3 Å². The Morgan fingerprint density at radius 3 is 1.43 bits per heavy atom. The summed E-state index contributed by atoms with van der Waals surface area (Å²) < 4.78 is 0. The Balaban J connectivity index is 3.54. The Bertz CT molecular complexity index is 363. The highest BCUT2D eigenvalue weighted by Crippen LogP contribution is 2.14. The number of aliphatic hydroxyl groups is 5. The van der Waals surface area contributed by atoms with Gasteiger partial charge in [-0.15, -0.1) is 0 Å². The molecule has 0 aliphatic carbocycles. The minimum Gasteiger partial charge on any atom is -0.394 e. The third-order valence-electron chi connectivity index (χ3n) is 5.36. The fraction of sp³-hybridized carbons (Fsp3) is 0.955. The molecule has 0 radical (unpaired) electrons. The monoisotopic (exact) mass is 404 g/mol. The van der Waals surface area contributed by atoms with E-state index >= 15 is 0 Å². The van der Waals surface area contributed by atoms with Crippen LogP contribution in [0.15, 0.2) is 0 Å². The lowest BCUT2D eigenvalue weighted by Gasteiger charge is -2.24. The van der Waals surface area contributed by atoms with Crippen LogP contribution in [0.3, 0.4) is 0 Å². The SMILES string of the molecule is CCCCCCCCCCCCCCCCC(=O)[C@H](O)[C@@H](O)[C@H](O)[C@H](O)CO. The number of Topliss-reactive ketones (excluding diaryl/α,β-unsaturated/α-hetero) is 1. The molecule has 0 fully saturated rings. The second kappa shape index (κ2) is 18.5. The van der Waals surface area contributed by atoms with E-state index in [4.69, 9.17) is 5.11 Å². The first-order valence-corrected chi connectivity index (χ1v) is 11.3. The number of ketones is 1. The van der Waals surface area contributed by atoms with Gasteiger partial charge in [-0.05, 0) is 6.42 Å². The molecule has 4 atom stereocenters. The van der Waals surface area contributed by atoms with Crippen LogP contribution < -0.4 is 0 Å². The van der Waals surface area contributed by atoms with Gasteiger partial charge >= 0.3 is 0 Å². The van der Waals surface area contributed by atoms with Crippen molar-refractivity contribution in [2.24, 2.45) is 0 Å². The number of carbonyl (C=O) groups excluding carboxylic acids is 1. The molecule has 168 valence electrons. The van der Waals surface area contributed by atoms with Crippen molar-refractivity contribution in [3.8, 4) is 0 Å². The van der Waals surface area contributed by atoms with Gasteiger partial charge < -0.3 is 25.5 Å². The largest absolute Gasteiger partial charge is 0.394 e. The lowest BCUT2D eigenvalue weighted by atomic mass is 9.97. The van der Waals surface area contributed by atoms with Gasteiger partial charge in [0.15, 0.2) is 5.78 Å². The number of carbonyl (C=O) groups is 1. The molecule has 0 rings (SSSR count). The maximum Gasteiger partial charge on any atom is 0.164 e. The van der Waals surface area contributed by atoms with Crippen LogP contribution in [0.2, 0.25) is 0 Å². The Kier molecular flexibility index (Phi) is 18.1. The Hall–Kier alpha value is -0.530. The standard InChI is InChI=1S/C22H44O6/c1-2-3-4-5-6-7-8-9-10-11-12-13-14-15-16-18(24)20(26)22(28)21(27)19(25)17-23/h19-23,25-28H,2-17H2,1H3/t19-,20+,21-,22-/m1/s1. The Labute approximate surface area is 171 Å². The molecular formula is C22H44O6. The Morgan fingerprint density at radius 2 is 1.04 bits per heavy atom. The Morgan fingerprint density at radius 1 is 0.643 bits per heavy atom. The van der Waals surface area contributed by atoms with Crippen LogP contribution in [0.5, 0.6) is 0 Å². The quantitative estimate of drug-likeness (QED) is 0.199. The highest BCUT2D eigenvalue weighted by Gasteiger charge is 2.33. The normalized spacial score (nSPS) is 15.9. The number of aliphatic hydroxyl groups excluding tert-OH is 5. The van der Waals surface area contributed by atoms with E-state index in [9.17, 15) is 25.2 Å². The van der Waals surface area contributed by atoms with E-state index in [1.807, 2.05) is 0 Å². The summed E-state index contributed by atoms with van der Waals surface area (Å²) in [6.07, 6.45) is 10.3. The second-order valence-electron chi connectivity index (χ2n) is 7.99. The van der Waals surface area contributed by atoms with Gasteiger partial charge in [0.2, 0.25) is 0 Å². The number of hydrogen-bond donors (Lipinski definition) is 5. The van der Waals surface area contributed by atoms with Crippen LogP contribution in [-0.4, -0.2) is 62.3 Å². The molecule has 0 aromatic heterocycles. The third-order valence-corrected chi connectivity index (χ3v) is 5.36. The second-order valence-corrected chi connectivity index (χ2v) is 7.99. The van der Waals surface area contributed by atoms with Crippen molar-refractivity contribution in [2.45, 2.75) is 128 Å².